The molecule has 1 aromatic rings. The van der Waals surface area contributed by atoms with Gasteiger partial charge in [0.05, 0.1) is 13.2 Å². The van der Waals surface area contributed by atoms with E-state index in [2.05, 4.69) is 4.74 Å². The Morgan fingerprint density at radius 1 is 1.25 bits per heavy atom. The Hall–Kier alpha value is -1.54. The van der Waals surface area contributed by atoms with E-state index in [0.717, 1.165) is 0 Å². The fourth-order valence-electron chi connectivity index (χ4n) is 1.20. The van der Waals surface area contributed by atoms with Crippen LogP contribution in [0.5, 0.6) is 11.5 Å². The summed E-state index contributed by atoms with van der Waals surface area (Å²) < 4.78 is 25.4. The first-order valence-electron chi connectivity index (χ1n) is 4.33. The normalized spacial score (nSPS) is 11.9. The Labute approximate surface area is 94.5 Å². The molecule has 0 bridgehead atoms. The molecule has 0 aliphatic carbocycles. The van der Waals surface area contributed by atoms with Gasteiger partial charge in [-0.2, -0.15) is 4.74 Å². The average Bonchev–Trinajstić information content (AvgIpc) is 2.31. The van der Waals surface area contributed by atoms with Gasteiger partial charge in [-0.15, -0.1) is 0 Å². The minimum atomic E-state index is -0.621. The van der Waals surface area contributed by atoms with Crippen molar-refractivity contribution in [2.45, 2.75) is 5.85 Å². The molecule has 1 aromatic carbocycles. The number of benzene rings is 1. The summed E-state index contributed by atoms with van der Waals surface area (Å²) >= 11 is 0. The van der Waals surface area contributed by atoms with Crippen LogP contribution in [0.15, 0.2) is 18.2 Å². The van der Waals surface area contributed by atoms with Crippen molar-refractivity contribution in [1.29, 1.82) is 0 Å². The number of hydrogen-bond donors (Lipinski definition) is 0. The Morgan fingerprint density at radius 3 is 2.44 bits per heavy atom. The highest BCUT2D eigenvalue weighted by Gasteiger charge is 2.17. The highest BCUT2D eigenvalue weighted by molar-refractivity contribution is 7.24. The van der Waals surface area contributed by atoms with E-state index in [9.17, 15) is 9.36 Å². The van der Waals surface area contributed by atoms with Crippen molar-refractivity contribution in [1.82, 2.24) is 0 Å². The Balaban J connectivity index is 3.11. The van der Waals surface area contributed by atoms with E-state index in [-0.39, 0.29) is 14.2 Å². The lowest BCUT2D eigenvalue weighted by atomic mass is 10.2. The summed E-state index contributed by atoms with van der Waals surface area (Å²) in [4.78, 5) is 10.1. The molecule has 0 N–H and O–H groups in total. The molecule has 1 unspecified atom stereocenters. The lowest BCUT2D eigenvalue weighted by molar-refractivity contribution is 0.170. The molecule has 0 amide bonds. The van der Waals surface area contributed by atoms with Gasteiger partial charge >= 0.3 is 6.47 Å². The second kappa shape index (κ2) is 6.13. The van der Waals surface area contributed by atoms with Crippen molar-refractivity contribution >= 4 is 14.9 Å². The van der Waals surface area contributed by atoms with Crippen molar-refractivity contribution in [3.05, 3.63) is 23.8 Å². The molecule has 84 valence electrons. The van der Waals surface area contributed by atoms with E-state index >= 15 is 0 Å². The number of ether oxygens (including phenoxy) is 3. The van der Waals surface area contributed by atoms with Gasteiger partial charge in [0, 0.05) is 12.7 Å². The van der Waals surface area contributed by atoms with Crippen LogP contribution in [0.4, 0.5) is 0 Å². The van der Waals surface area contributed by atoms with Gasteiger partial charge in [0.25, 0.3) is 5.75 Å². The van der Waals surface area contributed by atoms with Crippen molar-refractivity contribution in [3.8, 4) is 11.5 Å². The first kappa shape index (κ1) is 12.5. The van der Waals surface area contributed by atoms with E-state index in [0.29, 0.717) is 11.3 Å². The SMILES string of the molecule is COc1cc(O[C+]=O)cc(C(OC)P=O)c1. The molecule has 1 atom stereocenters. The third-order valence-corrected chi connectivity index (χ3v) is 2.60. The maximum absolute atomic E-state index is 10.8. The Morgan fingerprint density at radius 2 is 1.94 bits per heavy atom. The fraction of sp³-hybridized carbons (Fsp3) is 0.300. The quantitative estimate of drug-likeness (QED) is 0.563. The number of methoxy groups -OCH3 is 2. The topological polar surface area (TPSA) is 61.8 Å². The summed E-state index contributed by atoms with van der Waals surface area (Å²) in [7, 11) is 2.72. The van der Waals surface area contributed by atoms with Gasteiger partial charge in [0.1, 0.15) is 11.8 Å². The summed E-state index contributed by atoms with van der Waals surface area (Å²) in [5, 5.41) is 0. The van der Waals surface area contributed by atoms with Crippen LogP contribution in [-0.4, -0.2) is 20.7 Å². The van der Waals surface area contributed by atoms with Gasteiger partial charge in [-0.3, -0.25) is 4.57 Å². The van der Waals surface area contributed by atoms with Gasteiger partial charge in [0.15, 0.2) is 14.3 Å². The largest absolute Gasteiger partial charge is 0.575 e. The minimum Gasteiger partial charge on any atom is -0.495 e. The first-order valence-corrected chi connectivity index (χ1v) is 5.21. The zero-order valence-electron chi connectivity index (χ0n) is 8.80. The predicted octanol–water partition coefficient (Wildman–Crippen LogP) is 2.08. The first-order chi connectivity index (χ1) is 7.74. The van der Waals surface area contributed by atoms with Crippen LogP contribution in [0.1, 0.15) is 11.4 Å². The third kappa shape index (κ3) is 2.97. The molecule has 16 heavy (non-hydrogen) atoms. The standard InChI is InChI=1S/C10H10O5P/c1-13-8-3-7(10(14-2)16-12)4-9(5-8)15-6-11/h3-5,10H,1-2H3/q+1. The summed E-state index contributed by atoms with van der Waals surface area (Å²) in [6.07, 6.45) is 0. The van der Waals surface area contributed by atoms with E-state index in [4.69, 9.17) is 9.47 Å². The highest BCUT2D eigenvalue weighted by Crippen LogP contribution is 2.33. The van der Waals surface area contributed by atoms with Gasteiger partial charge in [-0.1, -0.05) is 4.79 Å². The molecule has 0 spiro atoms. The lowest BCUT2D eigenvalue weighted by Gasteiger charge is -2.07. The molecular weight excluding hydrogens is 231 g/mol. The van der Waals surface area contributed by atoms with Crippen LogP contribution in [0, 0.1) is 0 Å². The van der Waals surface area contributed by atoms with Crippen molar-refractivity contribution in [3.63, 3.8) is 0 Å². The van der Waals surface area contributed by atoms with E-state index in [1.54, 1.807) is 6.07 Å². The lowest BCUT2D eigenvalue weighted by Crippen LogP contribution is -1.97. The Kier molecular flexibility index (Phi) is 4.80. The van der Waals surface area contributed by atoms with Crippen molar-refractivity contribution < 1.29 is 23.6 Å². The molecule has 0 aliphatic heterocycles. The predicted molar refractivity (Wildman–Crippen MR) is 56.7 cm³/mol. The van der Waals surface area contributed by atoms with Gasteiger partial charge in [-0.05, 0) is 6.07 Å². The molecule has 6 heteroatoms. The number of hydrogen-bond acceptors (Lipinski definition) is 5. The van der Waals surface area contributed by atoms with Gasteiger partial charge < -0.3 is 9.47 Å². The maximum Gasteiger partial charge on any atom is 0.575 e. The molecule has 0 aliphatic rings. The van der Waals surface area contributed by atoms with Crippen LogP contribution < -0.4 is 9.47 Å². The van der Waals surface area contributed by atoms with Crippen molar-refractivity contribution in [2.24, 2.45) is 0 Å². The molecule has 1 rings (SSSR count). The summed E-state index contributed by atoms with van der Waals surface area (Å²) in [5.41, 5.74) is 0.587. The highest BCUT2D eigenvalue weighted by atomic mass is 31.1. The number of carbonyl (C=O) groups excluding carboxylic acids is 1. The second-order valence-corrected chi connectivity index (χ2v) is 3.50. The third-order valence-electron chi connectivity index (χ3n) is 1.90. The van der Waals surface area contributed by atoms with Gasteiger partial charge in [0.2, 0.25) is 0 Å². The average molecular weight is 241 g/mol. The zero-order chi connectivity index (χ0) is 12.0. The summed E-state index contributed by atoms with van der Waals surface area (Å²) in [6, 6.07) is 4.70. The Bertz CT molecular complexity index is 379. The van der Waals surface area contributed by atoms with Crippen LogP contribution >= 0.6 is 8.46 Å². The molecule has 0 heterocycles. The summed E-state index contributed by atoms with van der Waals surface area (Å²) in [5.74, 6) is 0.118. The fourth-order valence-corrected chi connectivity index (χ4v) is 1.56. The van der Waals surface area contributed by atoms with Crippen LogP contribution in [-0.2, 0) is 14.1 Å². The molecule has 0 saturated heterocycles. The summed E-state index contributed by atoms with van der Waals surface area (Å²) in [6.45, 7) is 1.31. The van der Waals surface area contributed by atoms with Crippen LogP contribution in [0.25, 0.3) is 0 Å². The molecule has 0 aromatic heterocycles. The van der Waals surface area contributed by atoms with Crippen molar-refractivity contribution in [2.75, 3.05) is 14.2 Å². The molecule has 0 saturated carbocycles. The minimum absolute atomic E-state index is 0.186. The molecular formula is C10H10O5P+. The van der Waals surface area contributed by atoms with E-state index in [1.165, 1.54) is 32.8 Å². The molecule has 0 radical (unpaired) electrons. The molecule has 0 fully saturated rings. The maximum atomic E-state index is 10.8. The van der Waals surface area contributed by atoms with Crippen LogP contribution in [0.3, 0.4) is 0 Å². The van der Waals surface area contributed by atoms with Gasteiger partial charge in [-0.25, -0.2) is 0 Å². The monoisotopic (exact) mass is 241 g/mol. The second-order valence-electron chi connectivity index (χ2n) is 2.82. The van der Waals surface area contributed by atoms with E-state index in [1.807, 2.05) is 0 Å². The molecule has 5 nitrogen and oxygen atoms in total. The smallest absolute Gasteiger partial charge is 0.495 e. The van der Waals surface area contributed by atoms with E-state index < -0.39 is 5.85 Å². The van der Waals surface area contributed by atoms with Crippen LogP contribution in [0.2, 0.25) is 0 Å². The number of rotatable bonds is 6. The zero-order valence-corrected chi connectivity index (χ0v) is 9.69.